The molecule has 1 fully saturated rings. The minimum Gasteiger partial charge on any atom is -0.481 e. The Morgan fingerprint density at radius 3 is 1.36 bits per heavy atom. The van der Waals surface area contributed by atoms with Crippen LogP contribution in [0.2, 0.25) is 0 Å². The van der Waals surface area contributed by atoms with E-state index in [1.165, 1.54) is 96.3 Å². The molecule has 0 bridgehead atoms. The van der Waals surface area contributed by atoms with Crippen molar-refractivity contribution in [3.8, 4) is 0 Å². The molecule has 0 heterocycles. The molecule has 0 aliphatic heterocycles. The first-order valence-corrected chi connectivity index (χ1v) is 10.0. The fourth-order valence-corrected chi connectivity index (χ4v) is 3.24. The quantitative estimate of drug-likeness (QED) is 0.303. The second-order valence-corrected chi connectivity index (χ2v) is 7.33. The molecule has 0 amide bonds. The van der Waals surface area contributed by atoms with E-state index in [-0.39, 0.29) is 0 Å². The van der Waals surface area contributed by atoms with Crippen LogP contribution in [0.4, 0.5) is 0 Å². The van der Waals surface area contributed by atoms with E-state index in [9.17, 15) is 4.79 Å². The first-order chi connectivity index (χ1) is 10.8. The standard InChI is InChI=1S/C20H38O2/c21-20(22)16-14-12-10-8-6-4-2-1-3-5-7-9-11-13-15-19-17-18-19/h19H,1-18H2,(H,21,22). The van der Waals surface area contributed by atoms with Crippen molar-refractivity contribution in [2.75, 3.05) is 0 Å². The SMILES string of the molecule is O=C(O)CCCCCCCCCCCCCCCCC1CC1. The third kappa shape index (κ3) is 14.4. The van der Waals surface area contributed by atoms with Gasteiger partial charge in [0.05, 0.1) is 0 Å². The van der Waals surface area contributed by atoms with Crippen molar-refractivity contribution in [1.29, 1.82) is 0 Å². The third-order valence-electron chi connectivity index (χ3n) is 4.95. The first kappa shape index (κ1) is 19.5. The van der Waals surface area contributed by atoms with Gasteiger partial charge in [-0.2, -0.15) is 0 Å². The lowest BCUT2D eigenvalue weighted by Crippen LogP contribution is -1.93. The Balaban J connectivity index is 1.61. The van der Waals surface area contributed by atoms with Gasteiger partial charge in [-0.25, -0.2) is 0 Å². The average Bonchev–Trinajstić information content (AvgIpc) is 3.30. The van der Waals surface area contributed by atoms with E-state index in [2.05, 4.69) is 0 Å². The van der Waals surface area contributed by atoms with Crippen LogP contribution in [0, 0.1) is 5.92 Å². The molecule has 22 heavy (non-hydrogen) atoms. The molecule has 1 aliphatic rings. The van der Waals surface area contributed by atoms with Crippen LogP contribution in [0.15, 0.2) is 0 Å². The predicted molar refractivity (Wildman–Crippen MR) is 94.2 cm³/mol. The molecule has 1 rings (SSSR count). The fourth-order valence-electron chi connectivity index (χ4n) is 3.24. The molecule has 0 aromatic rings. The van der Waals surface area contributed by atoms with E-state index < -0.39 is 5.97 Å². The molecule has 1 N–H and O–H groups in total. The maximum absolute atomic E-state index is 10.4. The molecule has 2 nitrogen and oxygen atoms in total. The monoisotopic (exact) mass is 310 g/mol. The van der Waals surface area contributed by atoms with Crippen LogP contribution >= 0.6 is 0 Å². The van der Waals surface area contributed by atoms with Crippen LogP contribution in [0.1, 0.15) is 116 Å². The molecule has 2 heteroatoms. The van der Waals surface area contributed by atoms with Gasteiger partial charge in [0.25, 0.3) is 0 Å². The predicted octanol–water partition coefficient (Wildman–Crippen LogP) is 6.72. The molecule has 0 aromatic carbocycles. The Morgan fingerprint density at radius 1 is 0.636 bits per heavy atom. The fraction of sp³-hybridized carbons (Fsp3) is 0.950. The van der Waals surface area contributed by atoms with Crippen molar-refractivity contribution in [2.45, 2.75) is 116 Å². The summed E-state index contributed by atoms with van der Waals surface area (Å²) in [6, 6.07) is 0. The number of carboxylic acid groups (broad SMARTS) is 1. The summed E-state index contributed by atoms with van der Waals surface area (Å²) in [6.07, 6.45) is 23.6. The third-order valence-corrected chi connectivity index (χ3v) is 4.95. The van der Waals surface area contributed by atoms with Crippen LogP contribution in [0.25, 0.3) is 0 Å². The molecule has 0 spiro atoms. The Kier molecular flexibility index (Phi) is 12.5. The van der Waals surface area contributed by atoms with Crippen molar-refractivity contribution in [3.63, 3.8) is 0 Å². The summed E-state index contributed by atoms with van der Waals surface area (Å²) in [7, 11) is 0. The molecule has 0 radical (unpaired) electrons. The van der Waals surface area contributed by atoms with E-state index >= 15 is 0 Å². The van der Waals surface area contributed by atoms with Crippen molar-refractivity contribution in [1.82, 2.24) is 0 Å². The summed E-state index contributed by atoms with van der Waals surface area (Å²) in [4.78, 5) is 10.4. The largest absolute Gasteiger partial charge is 0.481 e. The number of rotatable bonds is 17. The highest BCUT2D eigenvalue weighted by atomic mass is 16.4. The summed E-state index contributed by atoms with van der Waals surface area (Å²) in [6.45, 7) is 0. The minimum absolute atomic E-state index is 0.348. The number of carboxylic acids is 1. The Bertz CT molecular complexity index is 258. The highest BCUT2D eigenvalue weighted by molar-refractivity contribution is 5.66. The van der Waals surface area contributed by atoms with E-state index in [0.717, 1.165) is 18.8 Å². The molecule has 0 atom stereocenters. The van der Waals surface area contributed by atoms with Gasteiger partial charge in [-0.3, -0.25) is 4.79 Å². The summed E-state index contributed by atoms with van der Waals surface area (Å²) in [5, 5.41) is 8.54. The van der Waals surface area contributed by atoms with Crippen LogP contribution < -0.4 is 0 Å². The maximum Gasteiger partial charge on any atom is 0.303 e. The van der Waals surface area contributed by atoms with Gasteiger partial charge in [-0.05, 0) is 12.3 Å². The van der Waals surface area contributed by atoms with Crippen LogP contribution in [-0.4, -0.2) is 11.1 Å². The zero-order valence-electron chi connectivity index (χ0n) is 14.7. The normalized spacial score (nSPS) is 14.4. The number of carbonyl (C=O) groups is 1. The number of hydrogen-bond acceptors (Lipinski definition) is 1. The van der Waals surface area contributed by atoms with Gasteiger partial charge in [0.1, 0.15) is 0 Å². The van der Waals surface area contributed by atoms with Gasteiger partial charge < -0.3 is 5.11 Å². The van der Waals surface area contributed by atoms with Crippen LogP contribution in [-0.2, 0) is 4.79 Å². The number of hydrogen-bond donors (Lipinski definition) is 1. The van der Waals surface area contributed by atoms with Gasteiger partial charge in [-0.1, -0.05) is 103 Å². The molecule has 0 aromatic heterocycles. The number of aliphatic carboxylic acids is 1. The molecule has 1 saturated carbocycles. The summed E-state index contributed by atoms with van der Waals surface area (Å²) >= 11 is 0. The molecule has 0 unspecified atom stereocenters. The van der Waals surface area contributed by atoms with Crippen LogP contribution in [0.3, 0.4) is 0 Å². The highest BCUT2D eigenvalue weighted by Crippen LogP contribution is 2.34. The van der Waals surface area contributed by atoms with Gasteiger partial charge in [0, 0.05) is 6.42 Å². The average molecular weight is 311 g/mol. The molecular weight excluding hydrogens is 272 g/mol. The highest BCUT2D eigenvalue weighted by Gasteiger charge is 2.19. The van der Waals surface area contributed by atoms with E-state index in [0.29, 0.717) is 6.42 Å². The molecule has 0 saturated heterocycles. The zero-order chi connectivity index (χ0) is 15.9. The van der Waals surface area contributed by atoms with Crippen molar-refractivity contribution < 1.29 is 9.90 Å². The lowest BCUT2D eigenvalue weighted by Gasteiger charge is -2.03. The minimum atomic E-state index is -0.650. The van der Waals surface area contributed by atoms with Crippen LogP contribution in [0.5, 0.6) is 0 Å². The smallest absolute Gasteiger partial charge is 0.303 e. The van der Waals surface area contributed by atoms with Gasteiger partial charge in [-0.15, -0.1) is 0 Å². The number of unbranched alkanes of at least 4 members (excludes halogenated alkanes) is 13. The first-order valence-electron chi connectivity index (χ1n) is 10.0. The zero-order valence-corrected chi connectivity index (χ0v) is 14.7. The Hall–Kier alpha value is -0.530. The summed E-state index contributed by atoms with van der Waals surface area (Å²) < 4.78 is 0. The topological polar surface area (TPSA) is 37.3 Å². The van der Waals surface area contributed by atoms with E-state index in [1.54, 1.807) is 0 Å². The second-order valence-electron chi connectivity index (χ2n) is 7.33. The molecular formula is C20H38O2. The lowest BCUT2D eigenvalue weighted by molar-refractivity contribution is -0.137. The van der Waals surface area contributed by atoms with Crippen molar-refractivity contribution in [3.05, 3.63) is 0 Å². The Labute approximate surface area is 138 Å². The molecule has 130 valence electrons. The second kappa shape index (κ2) is 14.1. The summed E-state index contributed by atoms with van der Waals surface area (Å²) in [5.74, 6) is 0.472. The summed E-state index contributed by atoms with van der Waals surface area (Å²) in [5.41, 5.74) is 0. The Morgan fingerprint density at radius 2 is 1.00 bits per heavy atom. The lowest BCUT2D eigenvalue weighted by atomic mass is 10.0. The van der Waals surface area contributed by atoms with Crippen molar-refractivity contribution >= 4 is 5.97 Å². The van der Waals surface area contributed by atoms with Gasteiger partial charge in [0.2, 0.25) is 0 Å². The van der Waals surface area contributed by atoms with Crippen molar-refractivity contribution in [2.24, 2.45) is 5.92 Å². The molecule has 1 aliphatic carbocycles. The van der Waals surface area contributed by atoms with Gasteiger partial charge in [0.15, 0.2) is 0 Å². The maximum atomic E-state index is 10.4. The van der Waals surface area contributed by atoms with E-state index in [1.807, 2.05) is 0 Å². The van der Waals surface area contributed by atoms with E-state index in [4.69, 9.17) is 5.11 Å². The van der Waals surface area contributed by atoms with Gasteiger partial charge >= 0.3 is 5.97 Å².